The number of para-hydroxylation sites is 2. The number of carbonyl (C=O) groups is 1. The summed E-state index contributed by atoms with van der Waals surface area (Å²) < 4.78 is 28.1. The standard InChI is InChI=1S/C13H16N2O6S/c1-13(6-7-22(19,20)9-13)14-12(16)8-21-11-5-3-2-4-10(11)15(17)18/h2-5H,6-9H2,1H3,(H,14,16)/t13-/m1/s1. The van der Waals surface area contributed by atoms with Crippen molar-refractivity contribution >= 4 is 21.4 Å². The summed E-state index contributed by atoms with van der Waals surface area (Å²) in [6.07, 6.45) is 0.340. The van der Waals surface area contributed by atoms with E-state index >= 15 is 0 Å². The summed E-state index contributed by atoms with van der Waals surface area (Å²) in [7, 11) is -3.13. The number of benzene rings is 1. The molecule has 1 aromatic carbocycles. The quantitative estimate of drug-likeness (QED) is 0.627. The van der Waals surface area contributed by atoms with Gasteiger partial charge in [0, 0.05) is 6.07 Å². The number of nitrogens with zero attached hydrogens (tertiary/aromatic N) is 1. The summed E-state index contributed by atoms with van der Waals surface area (Å²) in [5.41, 5.74) is -1.05. The lowest BCUT2D eigenvalue weighted by Gasteiger charge is -2.23. The van der Waals surface area contributed by atoms with Gasteiger partial charge in [-0.15, -0.1) is 0 Å². The van der Waals surface area contributed by atoms with Crippen molar-refractivity contribution < 1.29 is 22.9 Å². The van der Waals surface area contributed by atoms with Crippen LogP contribution >= 0.6 is 0 Å². The zero-order chi connectivity index (χ0) is 16.4. The molecule has 0 unspecified atom stereocenters. The molecule has 1 heterocycles. The first-order chi connectivity index (χ1) is 10.2. The van der Waals surface area contributed by atoms with Crippen molar-refractivity contribution in [2.75, 3.05) is 18.1 Å². The molecule has 1 atom stereocenters. The van der Waals surface area contributed by atoms with Crippen LogP contribution in [0.1, 0.15) is 13.3 Å². The number of ether oxygens (including phenoxy) is 1. The zero-order valence-corrected chi connectivity index (χ0v) is 12.8. The summed E-state index contributed by atoms with van der Waals surface area (Å²) in [6, 6.07) is 5.73. The summed E-state index contributed by atoms with van der Waals surface area (Å²) in [5.74, 6) is -0.601. The second-order valence-electron chi connectivity index (χ2n) is 5.46. The molecule has 0 saturated carbocycles. The van der Waals surface area contributed by atoms with E-state index in [1.807, 2.05) is 0 Å². The van der Waals surface area contributed by atoms with Crippen molar-refractivity contribution in [2.45, 2.75) is 18.9 Å². The van der Waals surface area contributed by atoms with E-state index in [0.29, 0.717) is 6.42 Å². The minimum Gasteiger partial charge on any atom is -0.477 e. The molecule has 8 nitrogen and oxygen atoms in total. The molecule has 1 aliphatic rings. The number of sulfone groups is 1. The molecule has 120 valence electrons. The smallest absolute Gasteiger partial charge is 0.310 e. The third-order valence-electron chi connectivity index (χ3n) is 3.37. The minimum absolute atomic E-state index is 0.00755. The van der Waals surface area contributed by atoms with Crippen LogP contribution in [-0.2, 0) is 14.6 Å². The van der Waals surface area contributed by atoms with Gasteiger partial charge in [0.15, 0.2) is 22.2 Å². The molecule has 9 heteroatoms. The molecule has 0 aliphatic carbocycles. The first-order valence-electron chi connectivity index (χ1n) is 6.58. The Bertz CT molecular complexity index is 702. The Morgan fingerprint density at radius 2 is 2.14 bits per heavy atom. The van der Waals surface area contributed by atoms with E-state index in [1.165, 1.54) is 18.2 Å². The molecule has 0 bridgehead atoms. The molecule has 0 spiro atoms. The van der Waals surface area contributed by atoms with E-state index in [4.69, 9.17) is 4.74 Å². The van der Waals surface area contributed by atoms with E-state index in [0.717, 1.165) is 0 Å². The lowest BCUT2D eigenvalue weighted by atomic mass is 10.0. The van der Waals surface area contributed by atoms with Gasteiger partial charge in [-0.3, -0.25) is 14.9 Å². The molecule has 1 N–H and O–H groups in total. The molecule has 22 heavy (non-hydrogen) atoms. The van der Waals surface area contributed by atoms with E-state index in [1.54, 1.807) is 13.0 Å². The van der Waals surface area contributed by atoms with Crippen LogP contribution < -0.4 is 10.1 Å². The summed E-state index contributed by atoms with van der Waals surface area (Å²) >= 11 is 0. The third kappa shape index (κ3) is 3.94. The number of carbonyl (C=O) groups excluding carboxylic acids is 1. The number of rotatable bonds is 5. The summed E-state index contributed by atoms with van der Waals surface area (Å²) in [4.78, 5) is 22.1. The van der Waals surface area contributed by atoms with E-state index in [-0.39, 0.29) is 22.9 Å². The van der Waals surface area contributed by atoms with Gasteiger partial charge < -0.3 is 10.1 Å². The predicted octanol–water partition coefficient (Wildman–Crippen LogP) is 0.667. The molecule has 0 aromatic heterocycles. The number of hydrogen-bond donors (Lipinski definition) is 1. The van der Waals surface area contributed by atoms with Gasteiger partial charge in [-0.25, -0.2) is 8.42 Å². The fourth-order valence-electron chi connectivity index (χ4n) is 2.36. The number of nitro benzene ring substituents is 1. The van der Waals surface area contributed by atoms with Crippen molar-refractivity contribution in [2.24, 2.45) is 0 Å². The van der Waals surface area contributed by atoms with E-state index < -0.39 is 32.8 Å². The van der Waals surface area contributed by atoms with Crippen molar-refractivity contribution in [3.63, 3.8) is 0 Å². The van der Waals surface area contributed by atoms with Gasteiger partial charge in [-0.2, -0.15) is 0 Å². The van der Waals surface area contributed by atoms with Crippen molar-refractivity contribution in [1.29, 1.82) is 0 Å². The number of nitro groups is 1. The maximum absolute atomic E-state index is 11.9. The largest absolute Gasteiger partial charge is 0.477 e. The molecule has 1 aromatic rings. The monoisotopic (exact) mass is 328 g/mol. The van der Waals surface area contributed by atoms with E-state index in [9.17, 15) is 23.3 Å². The first kappa shape index (κ1) is 16.2. The number of amides is 1. The lowest BCUT2D eigenvalue weighted by molar-refractivity contribution is -0.385. The van der Waals surface area contributed by atoms with Crippen LogP contribution in [0, 0.1) is 10.1 Å². The second-order valence-corrected chi connectivity index (χ2v) is 7.65. The Morgan fingerprint density at radius 1 is 1.45 bits per heavy atom. The van der Waals surface area contributed by atoms with Crippen LogP contribution in [0.4, 0.5) is 5.69 Å². The average molecular weight is 328 g/mol. The van der Waals surface area contributed by atoms with Crippen LogP contribution in [-0.4, -0.2) is 42.9 Å². The van der Waals surface area contributed by atoms with Crippen LogP contribution in [0.2, 0.25) is 0 Å². The predicted molar refractivity (Wildman–Crippen MR) is 78.4 cm³/mol. The Morgan fingerprint density at radius 3 is 2.73 bits per heavy atom. The third-order valence-corrected chi connectivity index (χ3v) is 5.27. The Balaban J connectivity index is 1.96. The fraction of sp³-hybridized carbons (Fsp3) is 0.462. The molecule has 1 fully saturated rings. The van der Waals surface area contributed by atoms with Gasteiger partial charge in [0.05, 0.1) is 22.0 Å². The Kier molecular flexibility index (Phi) is 4.36. The lowest BCUT2D eigenvalue weighted by Crippen LogP contribution is -2.48. The maximum Gasteiger partial charge on any atom is 0.310 e. The SMILES string of the molecule is C[C@@]1(NC(=O)COc2ccccc2[N+](=O)[O-])CCS(=O)(=O)C1. The molecule has 1 amide bonds. The Labute approximate surface area is 127 Å². The summed E-state index contributed by atoms with van der Waals surface area (Å²) in [6.45, 7) is 1.24. The molecule has 1 aliphatic heterocycles. The van der Waals surface area contributed by atoms with Crippen LogP contribution in [0.25, 0.3) is 0 Å². The first-order valence-corrected chi connectivity index (χ1v) is 8.41. The van der Waals surface area contributed by atoms with Gasteiger partial charge in [-0.05, 0) is 19.4 Å². The topological polar surface area (TPSA) is 116 Å². The van der Waals surface area contributed by atoms with Gasteiger partial charge in [0.2, 0.25) is 0 Å². The highest BCUT2D eigenvalue weighted by molar-refractivity contribution is 7.91. The van der Waals surface area contributed by atoms with Crippen molar-refractivity contribution in [3.05, 3.63) is 34.4 Å². The van der Waals surface area contributed by atoms with Gasteiger partial charge in [-0.1, -0.05) is 12.1 Å². The van der Waals surface area contributed by atoms with Crippen LogP contribution in [0.15, 0.2) is 24.3 Å². The normalized spacial score (nSPS) is 23.0. The molecule has 0 radical (unpaired) electrons. The summed E-state index contributed by atoms with van der Waals surface area (Å²) in [5, 5.41) is 13.4. The van der Waals surface area contributed by atoms with Crippen molar-refractivity contribution in [3.8, 4) is 5.75 Å². The van der Waals surface area contributed by atoms with Crippen LogP contribution in [0.3, 0.4) is 0 Å². The highest BCUT2D eigenvalue weighted by Gasteiger charge is 2.39. The number of nitrogens with one attached hydrogen (secondary N) is 1. The van der Waals surface area contributed by atoms with Crippen molar-refractivity contribution in [1.82, 2.24) is 5.32 Å². The highest BCUT2D eigenvalue weighted by Crippen LogP contribution is 2.26. The molecule has 1 saturated heterocycles. The van der Waals surface area contributed by atoms with E-state index in [2.05, 4.69) is 5.32 Å². The zero-order valence-electron chi connectivity index (χ0n) is 11.9. The Hall–Kier alpha value is -2.16. The molecule has 2 rings (SSSR count). The van der Waals surface area contributed by atoms with Crippen LogP contribution in [0.5, 0.6) is 5.75 Å². The maximum atomic E-state index is 11.9. The number of hydrogen-bond acceptors (Lipinski definition) is 6. The minimum atomic E-state index is -3.13. The van der Waals surface area contributed by atoms with Gasteiger partial charge in [0.1, 0.15) is 0 Å². The highest BCUT2D eigenvalue weighted by atomic mass is 32.2. The second kappa shape index (κ2) is 5.91. The van der Waals surface area contributed by atoms with Gasteiger partial charge in [0.25, 0.3) is 5.91 Å². The van der Waals surface area contributed by atoms with Gasteiger partial charge >= 0.3 is 5.69 Å². The molecular formula is C13H16N2O6S. The average Bonchev–Trinajstić information content (AvgIpc) is 2.70. The molecular weight excluding hydrogens is 312 g/mol. The fourth-order valence-corrected chi connectivity index (χ4v) is 4.45.